The SMILES string of the molecule is Cc1ccc(C(=O)NCc2ccc(Cn3cncn3)cc2)cc1C. The van der Waals surface area contributed by atoms with Gasteiger partial charge in [-0.25, -0.2) is 9.67 Å². The minimum Gasteiger partial charge on any atom is -0.348 e. The summed E-state index contributed by atoms with van der Waals surface area (Å²) in [5, 5.41) is 7.05. The number of carbonyl (C=O) groups is 1. The summed E-state index contributed by atoms with van der Waals surface area (Å²) in [5.41, 5.74) is 5.22. The van der Waals surface area contributed by atoms with Crippen LogP contribution in [0.2, 0.25) is 0 Å². The van der Waals surface area contributed by atoms with Gasteiger partial charge in [-0.05, 0) is 48.2 Å². The second-order valence-electron chi connectivity index (χ2n) is 5.89. The van der Waals surface area contributed by atoms with Gasteiger partial charge in [0, 0.05) is 12.1 Å². The molecule has 1 heterocycles. The van der Waals surface area contributed by atoms with Crippen LogP contribution in [0.5, 0.6) is 0 Å². The average molecular weight is 320 g/mol. The Hall–Kier alpha value is -2.95. The van der Waals surface area contributed by atoms with E-state index in [0.717, 1.165) is 16.7 Å². The standard InChI is InChI=1S/C19H20N4O/c1-14-3-8-18(9-15(14)2)19(24)21-10-16-4-6-17(7-5-16)11-23-13-20-12-22-23/h3-9,12-13H,10-11H2,1-2H3,(H,21,24). The number of carbonyl (C=O) groups excluding carboxylic acids is 1. The van der Waals surface area contributed by atoms with E-state index in [1.807, 2.05) is 56.3 Å². The quantitative estimate of drug-likeness (QED) is 0.786. The Balaban J connectivity index is 1.58. The van der Waals surface area contributed by atoms with Crippen LogP contribution in [0.3, 0.4) is 0 Å². The van der Waals surface area contributed by atoms with E-state index in [2.05, 4.69) is 15.4 Å². The predicted molar refractivity (Wildman–Crippen MR) is 92.7 cm³/mol. The van der Waals surface area contributed by atoms with E-state index in [0.29, 0.717) is 18.7 Å². The number of nitrogens with zero attached hydrogens (tertiary/aromatic N) is 3. The first-order chi connectivity index (χ1) is 11.6. The van der Waals surface area contributed by atoms with Crippen LogP contribution < -0.4 is 5.32 Å². The molecule has 0 radical (unpaired) electrons. The topological polar surface area (TPSA) is 59.8 Å². The second-order valence-corrected chi connectivity index (χ2v) is 5.89. The largest absolute Gasteiger partial charge is 0.348 e. The van der Waals surface area contributed by atoms with Crippen LogP contribution in [0.25, 0.3) is 0 Å². The molecule has 24 heavy (non-hydrogen) atoms. The van der Waals surface area contributed by atoms with Gasteiger partial charge in [-0.3, -0.25) is 4.79 Å². The van der Waals surface area contributed by atoms with E-state index in [4.69, 9.17) is 0 Å². The fourth-order valence-corrected chi connectivity index (χ4v) is 2.43. The molecule has 3 aromatic rings. The molecular formula is C19H20N4O. The normalized spacial score (nSPS) is 10.6. The van der Waals surface area contributed by atoms with E-state index in [-0.39, 0.29) is 5.91 Å². The van der Waals surface area contributed by atoms with E-state index >= 15 is 0 Å². The van der Waals surface area contributed by atoms with Gasteiger partial charge in [0.05, 0.1) is 6.54 Å². The molecule has 0 bridgehead atoms. The number of hydrogen-bond donors (Lipinski definition) is 1. The highest BCUT2D eigenvalue weighted by Crippen LogP contribution is 2.10. The Labute approximate surface area is 141 Å². The number of aromatic nitrogens is 3. The maximum absolute atomic E-state index is 12.2. The van der Waals surface area contributed by atoms with Gasteiger partial charge in [0.2, 0.25) is 0 Å². The maximum atomic E-state index is 12.2. The van der Waals surface area contributed by atoms with Crippen molar-refractivity contribution in [2.75, 3.05) is 0 Å². The number of aryl methyl sites for hydroxylation is 2. The lowest BCUT2D eigenvalue weighted by Gasteiger charge is -2.08. The minimum atomic E-state index is -0.0511. The number of nitrogens with one attached hydrogen (secondary N) is 1. The molecule has 0 fully saturated rings. The Morgan fingerprint density at radius 1 is 1.04 bits per heavy atom. The predicted octanol–water partition coefficient (Wildman–Crippen LogP) is 2.87. The lowest BCUT2D eigenvalue weighted by molar-refractivity contribution is 0.0951. The zero-order chi connectivity index (χ0) is 16.9. The van der Waals surface area contributed by atoms with Gasteiger partial charge in [-0.1, -0.05) is 30.3 Å². The fraction of sp³-hybridized carbons (Fsp3) is 0.211. The number of amides is 1. The Kier molecular flexibility index (Phi) is 4.70. The van der Waals surface area contributed by atoms with Crippen molar-refractivity contribution in [2.24, 2.45) is 0 Å². The molecule has 0 aliphatic heterocycles. The maximum Gasteiger partial charge on any atom is 0.251 e. The summed E-state index contributed by atoms with van der Waals surface area (Å²) < 4.78 is 1.77. The van der Waals surface area contributed by atoms with Gasteiger partial charge in [0.25, 0.3) is 5.91 Å². The second kappa shape index (κ2) is 7.08. The van der Waals surface area contributed by atoms with E-state index in [1.54, 1.807) is 11.0 Å². The number of benzene rings is 2. The summed E-state index contributed by atoms with van der Waals surface area (Å²) >= 11 is 0. The number of rotatable bonds is 5. The molecule has 122 valence electrons. The molecular weight excluding hydrogens is 300 g/mol. The molecule has 5 heteroatoms. The van der Waals surface area contributed by atoms with Gasteiger partial charge in [0.15, 0.2) is 0 Å². The van der Waals surface area contributed by atoms with Crippen LogP contribution in [-0.4, -0.2) is 20.7 Å². The van der Waals surface area contributed by atoms with Crippen LogP contribution in [0, 0.1) is 13.8 Å². The van der Waals surface area contributed by atoms with Crippen molar-refractivity contribution < 1.29 is 4.79 Å². The third-order valence-corrected chi connectivity index (χ3v) is 4.06. The first-order valence-electron chi connectivity index (χ1n) is 7.87. The summed E-state index contributed by atoms with van der Waals surface area (Å²) in [6, 6.07) is 13.9. The lowest BCUT2D eigenvalue weighted by Crippen LogP contribution is -2.22. The number of hydrogen-bond acceptors (Lipinski definition) is 3. The molecule has 0 aliphatic rings. The summed E-state index contributed by atoms with van der Waals surface area (Å²) in [6.07, 6.45) is 3.22. The Morgan fingerprint density at radius 2 is 1.79 bits per heavy atom. The fourth-order valence-electron chi connectivity index (χ4n) is 2.43. The smallest absolute Gasteiger partial charge is 0.251 e. The summed E-state index contributed by atoms with van der Waals surface area (Å²) in [4.78, 5) is 16.2. The molecule has 5 nitrogen and oxygen atoms in total. The molecule has 1 amide bonds. The zero-order valence-corrected chi connectivity index (χ0v) is 13.9. The third kappa shape index (κ3) is 3.87. The van der Waals surface area contributed by atoms with Crippen molar-refractivity contribution >= 4 is 5.91 Å². The van der Waals surface area contributed by atoms with Gasteiger partial charge < -0.3 is 5.32 Å². The average Bonchev–Trinajstić information content (AvgIpc) is 3.09. The van der Waals surface area contributed by atoms with Gasteiger partial charge >= 0.3 is 0 Å². The summed E-state index contributed by atoms with van der Waals surface area (Å²) in [5.74, 6) is -0.0511. The Morgan fingerprint density at radius 3 is 2.46 bits per heavy atom. The monoisotopic (exact) mass is 320 g/mol. The van der Waals surface area contributed by atoms with Crippen molar-refractivity contribution in [3.05, 3.63) is 82.9 Å². The molecule has 0 unspecified atom stereocenters. The van der Waals surface area contributed by atoms with Crippen molar-refractivity contribution in [1.29, 1.82) is 0 Å². The first-order valence-corrected chi connectivity index (χ1v) is 7.87. The summed E-state index contributed by atoms with van der Waals surface area (Å²) in [7, 11) is 0. The van der Waals surface area contributed by atoms with E-state index in [9.17, 15) is 4.79 Å². The van der Waals surface area contributed by atoms with Crippen LogP contribution in [0.4, 0.5) is 0 Å². The summed E-state index contributed by atoms with van der Waals surface area (Å²) in [6.45, 7) is 5.25. The third-order valence-electron chi connectivity index (χ3n) is 4.06. The molecule has 1 aromatic heterocycles. The highest BCUT2D eigenvalue weighted by atomic mass is 16.1. The van der Waals surface area contributed by atoms with Crippen LogP contribution >= 0.6 is 0 Å². The van der Waals surface area contributed by atoms with Crippen LogP contribution in [-0.2, 0) is 13.1 Å². The molecule has 0 saturated heterocycles. The minimum absolute atomic E-state index is 0.0511. The molecule has 0 saturated carbocycles. The zero-order valence-electron chi connectivity index (χ0n) is 13.9. The molecule has 1 N–H and O–H groups in total. The van der Waals surface area contributed by atoms with Crippen LogP contribution in [0.1, 0.15) is 32.6 Å². The molecule has 0 atom stereocenters. The highest BCUT2D eigenvalue weighted by Gasteiger charge is 2.06. The van der Waals surface area contributed by atoms with Gasteiger partial charge in [-0.15, -0.1) is 0 Å². The lowest BCUT2D eigenvalue weighted by atomic mass is 10.1. The van der Waals surface area contributed by atoms with Gasteiger partial charge in [-0.2, -0.15) is 5.10 Å². The highest BCUT2D eigenvalue weighted by molar-refractivity contribution is 5.94. The first kappa shape index (κ1) is 15.9. The molecule has 0 aliphatic carbocycles. The van der Waals surface area contributed by atoms with E-state index in [1.165, 1.54) is 11.9 Å². The molecule has 3 rings (SSSR count). The van der Waals surface area contributed by atoms with E-state index < -0.39 is 0 Å². The van der Waals surface area contributed by atoms with Crippen molar-refractivity contribution in [3.63, 3.8) is 0 Å². The molecule has 0 spiro atoms. The Bertz CT molecular complexity index is 823. The van der Waals surface area contributed by atoms with Gasteiger partial charge in [0.1, 0.15) is 12.7 Å². The van der Waals surface area contributed by atoms with Crippen molar-refractivity contribution in [1.82, 2.24) is 20.1 Å². The van der Waals surface area contributed by atoms with Crippen molar-refractivity contribution in [3.8, 4) is 0 Å². The van der Waals surface area contributed by atoms with Crippen molar-refractivity contribution in [2.45, 2.75) is 26.9 Å². The molecule has 2 aromatic carbocycles. The van der Waals surface area contributed by atoms with Crippen LogP contribution in [0.15, 0.2) is 55.1 Å².